The first kappa shape index (κ1) is 17.5. The number of hydrogen-bond acceptors (Lipinski definition) is 4. The number of rotatable bonds is 7. The highest BCUT2D eigenvalue weighted by Crippen LogP contribution is 2.41. The van der Waals surface area contributed by atoms with Gasteiger partial charge in [-0.1, -0.05) is 24.3 Å². The van der Waals surface area contributed by atoms with Crippen molar-refractivity contribution in [2.45, 2.75) is 13.1 Å². The topological polar surface area (TPSA) is 144 Å². The van der Waals surface area contributed by atoms with Crippen LogP contribution < -0.4 is 5.73 Å². The molecular weight excluding hydrogens is 306 g/mol. The summed E-state index contributed by atoms with van der Waals surface area (Å²) in [6.07, 6.45) is -1.42. The molecule has 0 aliphatic heterocycles. The summed E-state index contributed by atoms with van der Waals surface area (Å²) in [5.74, 6) is 0. The lowest BCUT2D eigenvalue weighted by Gasteiger charge is -2.23. The summed E-state index contributed by atoms with van der Waals surface area (Å²) in [6.45, 7) is 0.399. The van der Waals surface area contributed by atoms with Gasteiger partial charge in [0.2, 0.25) is 0 Å². The summed E-state index contributed by atoms with van der Waals surface area (Å²) in [7, 11) is -8.80. The molecule has 0 aromatic heterocycles. The minimum Gasteiger partial charge on any atom is -0.326 e. The number of nitrogens with zero attached hydrogens (tertiary/aromatic N) is 1. The van der Waals surface area contributed by atoms with E-state index in [0.717, 1.165) is 10.5 Å². The van der Waals surface area contributed by atoms with Crippen LogP contribution in [-0.2, 0) is 22.2 Å². The lowest BCUT2D eigenvalue weighted by Crippen LogP contribution is -2.25. The van der Waals surface area contributed by atoms with E-state index >= 15 is 0 Å². The highest BCUT2D eigenvalue weighted by atomic mass is 31.2. The molecule has 0 unspecified atom stereocenters. The van der Waals surface area contributed by atoms with Crippen molar-refractivity contribution in [1.82, 2.24) is 4.90 Å². The SMILES string of the molecule is NCc1ccc(CN(CP(=O)(O)O)CP(=O)(O)O)cc1. The zero-order chi connectivity index (χ0) is 15.4. The van der Waals surface area contributed by atoms with Gasteiger partial charge in [0.25, 0.3) is 0 Å². The predicted octanol–water partition coefficient (Wildman–Crippen LogP) is 0.218. The Morgan fingerprint density at radius 1 is 0.900 bits per heavy atom. The molecule has 0 saturated heterocycles. The molecule has 0 fully saturated rings. The van der Waals surface area contributed by atoms with Crippen molar-refractivity contribution < 1.29 is 28.7 Å². The molecule has 0 radical (unpaired) electrons. The molecule has 114 valence electrons. The van der Waals surface area contributed by atoms with Gasteiger partial charge in [0.1, 0.15) is 12.6 Å². The van der Waals surface area contributed by atoms with Crippen molar-refractivity contribution in [3.63, 3.8) is 0 Å². The third-order valence-electron chi connectivity index (χ3n) is 2.43. The maximum atomic E-state index is 11.0. The van der Waals surface area contributed by atoms with Crippen LogP contribution in [0, 0.1) is 0 Å². The molecule has 0 aliphatic carbocycles. The van der Waals surface area contributed by atoms with E-state index in [1.54, 1.807) is 24.3 Å². The second kappa shape index (κ2) is 6.93. The summed E-state index contributed by atoms with van der Waals surface area (Å²) in [5, 5.41) is 0. The second-order valence-corrected chi connectivity index (χ2v) is 7.69. The average Bonchev–Trinajstić information content (AvgIpc) is 2.25. The monoisotopic (exact) mass is 324 g/mol. The van der Waals surface area contributed by atoms with Crippen LogP contribution in [-0.4, -0.2) is 37.0 Å². The highest BCUT2D eigenvalue weighted by Gasteiger charge is 2.25. The number of nitrogens with two attached hydrogens (primary N) is 1. The van der Waals surface area contributed by atoms with Gasteiger partial charge in [-0.25, -0.2) is 0 Å². The molecule has 20 heavy (non-hydrogen) atoms. The fraction of sp³-hybridized carbons (Fsp3) is 0.400. The summed E-state index contributed by atoms with van der Waals surface area (Å²) in [4.78, 5) is 36.8. The minimum absolute atomic E-state index is 0.0288. The van der Waals surface area contributed by atoms with Crippen molar-refractivity contribution in [1.29, 1.82) is 0 Å². The predicted molar refractivity (Wildman–Crippen MR) is 73.7 cm³/mol. The van der Waals surface area contributed by atoms with Crippen LogP contribution in [0.4, 0.5) is 0 Å². The van der Waals surface area contributed by atoms with E-state index < -0.39 is 27.8 Å². The Hall–Kier alpha value is -0.560. The molecule has 6 N–H and O–H groups in total. The largest absolute Gasteiger partial charge is 0.339 e. The first-order chi connectivity index (χ1) is 9.09. The van der Waals surface area contributed by atoms with Crippen molar-refractivity contribution >= 4 is 15.2 Å². The molecule has 0 aliphatic rings. The summed E-state index contributed by atoms with van der Waals surface area (Å²) < 4.78 is 22.0. The molecule has 8 nitrogen and oxygen atoms in total. The fourth-order valence-corrected chi connectivity index (χ4v) is 3.30. The van der Waals surface area contributed by atoms with Gasteiger partial charge in [0, 0.05) is 13.1 Å². The third kappa shape index (κ3) is 7.28. The number of hydrogen-bond donors (Lipinski definition) is 5. The Morgan fingerprint density at radius 2 is 1.30 bits per heavy atom. The molecule has 0 heterocycles. The zero-order valence-electron chi connectivity index (χ0n) is 10.7. The average molecular weight is 324 g/mol. The first-order valence-corrected chi connectivity index (χ1v) is 9.28. The maximum Gasteiger partial charge on any atom is 0.339 e. The van der Waals surface area contributed by atoms with E-state index in [9.17, 15) is 9.13 Å². The van der Waals surface area contributed by atoms with Crippen LogP contribution >= 0.6 is 15.2 Å². The fourth-order valence-electron chi connectivity index (χ4n) is 1.70. The molecule has 0 atom stereocenters. The highest BCUT2D eigenvalue weighted by molar-refractivity contribution is 7.52. The second-order valence-electron chi connectivity index (χ2n) is 4.46. The lowest BCUT2D eigenvalue weighted by molar-refractivity contribution is 0.273. The van der Waals surface area contributed by atoms with Crippen LogP contribution in [0.2, 0.25) is 0 Å². The Labute approximate surface area is 116 Å². The molecule has 1 rings (SSSR count). The molecule has 1 aromatic rings. The van der Waals surface area contributed by atoms with Crippen molar-refractivity contribution in [2.75, 3.05) is 12.6 Å². The van der Waals surface area contributed by atoms with Crippen molar-refractivity contribution in [3.8, 4) is 0 Å². The quantitative estimate of drug-likeness (QED) is 0.448. The Kier molecular flexibility index (Phi) is 6.06. The number of benzene rings is 1. The summed E-state index contributed by atoms with van der Waals surface area (Å²) >= 11 is 0. The molecule has 10 heteroatoms. The van der Waals surface area contributed by atoms with Crippen LogP contribution in [0.25, 0.3) is 0 Å². The van der Waals surface area contributed by atoms with Crippen molar-refractivity contribution in [2.24, 2.45) is 5.73 Å². The van der Waals surface area contributed by atoms with Crippen LogP contribution in [0.15, 0.2) is 24.3 Å². The van der Waals surface area contributed by atoms with E-state index in [2.05, 4.69) is 0 Å². The van der Waals surface area contributed by atoms with Crippen LogP contribution in [0.3, 0.4) is 0 Å². The van der Waals surface area contributed by atoms with E-state index in [-0.39, 0.29) is 6.54 Å². The van der Waals surface area contributed by atoms with Crippen LogP contribution in [0.1, 0.15) is 11.1 Å². The van der Waals surface area contributed by atoms with Crippen molar-refractivity contribution in [3.05, 3.63) is 35.4 Å². The first-order valence-electron chi connectivity index (χ1n) is 5.68. The molecule has 0 spiro atoms. The van der Waals surface area contributed by atoms with Gasteiger partial charge in [-0.15, -0.1) is 0 Å². The summed E-state index contributed by atoms with van der Waals surface area (Å²) in [5.41, 5.74) is 7.03. The Balaban J connectivity index is 2.82. The van der Waals surface area contributed by atoms with E-state index in [4.69, 9.17) is 25.3 Å². The van der Waals surface area contributed by atoms with Gasteiger partial charge in [0.15, 0.2) is 0 Å². The minimum atomic E-state index is -4.40. The van der Waals surface area contributed by atoms with Gasteiger partial charge in [0.05, 0.1) is 0 Å². The Bertz CT molecular complexity index is 499. The normalized spacial score (nSPS) is 12.9. The maximum absolute atomic E-state index is 11.0. The smallest absolute Gasteiger partial charge is 0.326 e. The third-order valence-corrected chi connectivity index (χ3v) is 3.97. The molecule has 0 bridgehead atoms. The van der Waals surface area contributed by atoms with Gasteiger partial charge >= 0.3 is 15.2 Å². The molecular formula is C10H18N2O6P2. The molecule has 0 saturated carbocycles. The van der Waals surface area contributed by atoms with E-state index in [1.807, 2.05) is 0 Å². The van der Waals surface area contributed by atoms with Gasteiger partial charge in [-0.3, -0.25) is 14.0 Å². The lowest BCUT2D eigenvalue weighted by atomic mass is 10.1. The summed E-state index contributed by atoms with van der Waals surface area (Å²) in [6, 6.07) is 6.91. The standard InChI is InChI=1S/C10H18N2O6P2/c11-5-9-1-3-10(4-2-9)6-12(7-19(13,14)15)8-20(16,17)18/h1-4H,5-8,11H2,(H2,13,14,15)(H2,16,17,18). The molecule has 1 aromatic carbocycles. The van der Waals surface area contributed by atoms with Crippen LogP contribution in [0.5, 0.6) is 0 Å². The van der Waals surface area contributed by atoms with Gasteiger partial charge < -0.3 is 25.3 Å². The molecule has 0 amide bonds. The van der Waals surface area contributed by atoms with E-state index in [0.29, 0.717) is 12.1 Å². The Morgan fingerprint density at radius 3 is 1.65 bits per heavy atom. The van der Waals surface area contributed by atoms with Gasteiger partial charge in [-0.05, 0) is 11.1 Å². The zero-order valence-corrected chi connectivity index (χ0v) is 12.5. The van der Waals surface area contributed by atoms with Gasteiger partial charge in [-0.2, -0.15) is 0 Å². The van der Waals surface area contributed by atoms with E-state index in [1.165, 1.54) is 0 Å².